The van der Waals surface area contributed by atoms with Crippen molar-refractivity contribution in [2.24, 2.45) is 11.8 Å². The summed E-state index contributed by atoms with van der Waals surface area (Å²) in [6.07, 6.45) is 5.84. The highest BCUT2D eigenvalue weighted by molar-refractivity contribution is 5.29. The van der Waals surface area contributed by atoms with Crippen molar-refractivity contribution in [1.82, 2.24) is 0 Å². The van der Waals surface area contributed by atoms with Gasteiger partial charge in [-0.2, -0.15) is 0 Å². The zero-order valence-electron chi connectivity index (χ0n) is 15.5. The molecule has 0 N–H and O–H groups in total. The van der Waals surface area contributed by atoms with E-state index in [2.05, 4.69) is 19.1 Å². The SMILES string of the molecule is CCCC1CCC(c2ccc(OC[C@H]3CC(F)=C(F)[C@H](F)C3)cc2)CC1. The van der Waals surface area contributed by atoms with Crippen LogP contribution in [-0.4, -0.2) is 12.8 Å². The molecule has 1 fully saturated rings. The third-order valence-electron chi connectivity index (χ3n) is 5.92. The second-order valence-corrected chi connectivity index (χ2v) is 7.91. The Kier molecular flexibility index (Phi) is 6.66. The smallest absolute Gasteiger partial charge is 0.165 e. The zero-order chi connectivity index (χ0) is 18.5. The minimum absolute atomic E-state index is 0.0155. The first-order valence-electron chi connectivity index (χ1n) is 9.97. The number of hydrogen-bond donors (Lipinski definition) is 0. The van der Waals surface area contributed by atoms with Gasteiger partial charge in [0.15, 0.2) is 12.0 Å². The van der Waals surface area contributed by atoms with Gasteiger partial charge in [-0.25, -0.2) is 13.2 Å². The van der Waals surface area contributed by atoms with Crippen LogP contribution in [0, 0.1) is 11.8 Å². The number of allylic oxidation sites excluding steroid dienone is 2. The Morgan fingerprint density at radius 3 is 2.31 bits per heavy atom. The van der Waals surface area contributed by atoms with E-state index < -0.39 is 17.8 Å². The molecule has 1 saturated carbocycles. The predicted molar refractivity (Wildman–Crippen MR) is 98.4 cm³/mol. The lowest BCUT2D eigenvalue weighted by atomic mass is 9.77. The summed E-state index contributed by atoms with van der Waals surface area (Å²) in [5.74, 6) is -0.291. The molecule has 0 saturated heterocycles. The van der Waals surface area contributed by atoms with Crippen molar-refractivity contribution in [2.75, 3.05) is 6.61 Å². The number of hydrogen-bond acceptors (Lipinski definition) is 1. The highest BCUT2D eigenvalue weighted by Gasteiger charge is 2.30. The first kappa shape index (κ1) is 19.3. The van der Waals surface area contributed by atoms with Gasteiger partial charge in [0.25, 0.3) is 0 Å². The van der Waals surface area contributed by atoms with Crippen LogP contribution in [0.3, 0.4) is 0 Å². The van der Waals surface area contributed by atoms with Gasteiger partial charge >= 0.3 is 0 Å². The van der Waals surface area contributed by atoms with Gasteiger partial charge in [0.05, 0.1) is 6.61 Å². The third-order valence-corrected chi connectivity index (χ3v) is 5.92. The molecule has 0 aliphatic heterocycles. The maximum atomic E-state index is 13.4. The topological polar surface area (TPSA) is 9.23 Å². The van der Waals surface area contributed by atoms with Crippen molar-refractivity contribution in [2.45, 2.75) is 70.4 Å². The van der Waals surface area contributed by atoms with Crippen molar-refractivity contribution in [3.8, 4) is 5.75 Å². The van der Waals surface area contributed by atoms with Gasteiger partial charge in [0, 0.05) is 12.3 Å². The summed E-state index contributed by atoms with van der Waals surface area (Å²) in [5.41, 5.74) is 1.35. The van der Waals surface area contributed by atoms with Gasteiger partial charge < -0.3 is 4.74 Å². The van der Waals surface area contributed by atoms with Crippen molar-refractivity contribution in [3.63, 3.8) is 0 Å². The summed E-state index contributed by atoms with van der Waals surface area (Å²) in [7, 11) is 0. The molecule has 144 valence electrons. The summed E-state index contributed by atoms with van der Waals surface area (Å²) >= 11 is 0. The fourth-order valence-electron chi connectivity index (χ4n) is 4.37. The predicted octanol–water partition coefficient (Wildman–Crippen LogP) is 7.04. The molecule has 4 heteroatoms. The van der Waals surface area contributed by atoms with Gasteiger partial charge in [-0.05, 0) is 61.6 Å². The molecule has 26 heavy (non-hydrogen) atoms. The maximum Gasteiger partial charge on any atom is 0.165 e. The molecule has 0 unspecified atom stereocenters. The standard InChI is InChI=1S/C22H29F3O/c1-2-3-15-4-6-17(7-5-15)18-8-10-19(11-9-18)26-14-16-12-20(23)22(25)21(24)13-16/h8-11,15-17,20H,2-7,12-14H2,1H3/t15?,16-,17?,20-/m1/s1. The molecule has 2 aliphatic carbocycles. The minimum atomic E-state index is -1.83. The molecule has 0 bridgehead atoms. The van der Waals surface area contributed by atoms with Crippen LogP contribution in [0.4, 0.5) is 13.2 Å². The van der Waals surface area contributed by atoms with Gasteiger partial charge in [-0.3, -0.25) is 0 Å². The lowest BCUT2D eigenvalue weighted by Gasteiger charge is -2.28. The Bertz CT molecular complexity index is 602. The highest BCUT2D eigenvalue weighted by Crippen LogP contribution is 2.38. The van der Waals surface area contributed by atoms with Crippen LogP contribution in [0.2, 0.25) is 0 Å². The lowest BCUT2D eigenvalue weighted by Crippen LogP contribution is -2.22. The minimum Gasteiger partial charge on any atom is -0.493 e. The van der Waals surface area contributed by atoms with Crippen molar-refractivity contribution >= 4 is 0 Å². The number of halogens is 3. The molecular weight excluding hydrogens is 337 g/mol. The van der Waals surface area contributed by atoms with Crippen LogP contribution in [0.25, 0.3) is 0 Å². The van der Waals surface area contributed by atoms with Crippen LogP contribution >= 0.6 is 0 Å². The average molecular weight is 366 g/mol. The summed E-state index contributed by atoms with van der Waals surface area (Å²) in [6, 6.07) is 8.10. The number of alkyl halides is 1. The summed E-state index contributed by atoms with van der Waals surface area (Å²) in [6.45, 7) is 2.47. The first-order chi connectivity index (χ1) is 12.6. The van der Waals surface area contributed by atoms with Crippen molar-refractivity contribution in [3.05, 3.63) is 41.5 Å². The van der Waals surface area contributed by atoms with E-state index in [0.717, 1.165) is 5.92 Å². The second kappa shape index (κ2) is 8.96. The van der Waals surface area contributed by atoms with Crippen molar-refractivity contribution < 1.29 is 17.9 Å². The largest absolute Gasteiger partial charge is 0.493 e. The van der Waals surface area contributed by atoms with Gasteiger partial charge in [0.1, 0.15) is 11.6 Å². The molecule has 0 radical (unpaired) electrons. The maximum absolute atomic E-state index is 13.4. The number of benzene rings is 1. The van der Waals surface area contributed by atoms with E-state index in [9.17, 15) is 13.2 Å². The van der Waals surface area contributed by atoms with Crippen LogP contribution in [0.5, 0.6) is 5.75 Å². The molecular formula is C22H29F3O. The Balaban J connectivity index is 1.48. The molecule has 0 heterocycles. The fraction of sp³-hybridized carbons (Fsp3) is 0.636. The van der Waals surface area contributed by atoms with Gasteiger partial charge in [0.2, 0.25) is 0 Å². The van der Waals surface area contributed by atoms with Gasteiger partial charge in [-0.15, -0.1) is 0 Å². The van der Waals surface area contributed by atoms with E-state index in [-0.39, 0.29) is 25.4 Å². The van der Waals surface area contributed by atoms with Crippen LogP contribution in [0.1, 0.15) is 69.8 Å². The second-order valence-electron chi connectivity index (χ2n) is 7.91. The highest BCUT2D eigenvalue weighted by atomic mass is 19.2. The Hall–Kier alpha value is -1.45. The van der Waals surface area contributed by atoms with E-state index in [0.29, 0.717) is 11.7 Å². The Labute approximate surface area is 154 Å². The normalized spacial score (nSPS) is 29.7. The van der Waals surface area contributed by atoms with E-state index >= 15 is 0 Å². The fourth-order valence-corrected chi connectivity index (χ4v) is 4.37. The molecule has 1 aromatic carbocycles. The first-order valence-corrected chi connectivity index (χ1v) is 9.97. The summed E-state index contributed by atoms with van der Waals surface area (Å²) < 4.78 is 45.5. The van der Waals surface area contributed by atoms with Crippen LogP contribution < -0.4 is 4.74 Å². The number of rotatable bonds is 6. The monoisotopic (exact) mass is 366 g/mol. The summed E-state index contributed by atoms with van der Waals surface area (Å²) in [4.78, 5) is 0. The van der Waals surface area contributed by atoms with E-state index in [4.69, 9.17) is 4.74 Å². The molecule has 1 aromatic rings. The van der Waals surface area contributed by atoms with Gasteiger partial charge in [-0.1, -0.05) is 31.9 Å². The van der Waals surface area contributed by atoms with E-state index in [1.54, 1.807) is 0 Å². The molecule has 2 aliphatic rings. The quantitative estimate of drug-likeness (QED) is 0.525. The Morgan fingerprint density at radius 2 is 1.69 bits per heavy atom. The average Bonchev–Trinajstić information content (AvgIpc) is 2.66. The third kappa shape index (κ3) is 4.83. The van der Waals surface area contributed by atoms with E-state index in [1.807, 2.05) is 12.1 Å². The van der Waals surface area contributed by atoms with Crippen molar-refractivity contribution in [1.29, 1.82) is 0 Å². The summed E-state index contributed by atoms with van der Waals surface area (Å²) in [5, 5.41) is 0. The zero-order valence-corrected chi connectivity index (χ0v) is 15.5. The van der Waals surface area contributed by atoms with Crippen LogP contribution in [-0.2, 0) is 0 Å². The molecule has 0 spiro atoms. The molecule has 0 amide bonds. The molecule has 2 atom stereocenters. The van der Waals surface area contributed by atoms with Crippen LogP contribution in [0.15, 0.2) is 35.9 Å². The Morgan fingerprint density at radius 1 is 1.00 bits per heavy atom. The lowest BCUT2D eigenvalue weighted by molar-refractivity contribution is 0.167. The number of ether oxygens (including phenoxy) is 1. The van der Waals surface area contributed by atoms with E-state index in [1.165, 1.54) is 44.1 Å². The molecule has 0 aromatic heterocycles. The molecule has 1 nitrogen and oxygen atoms in total. The molecule has 3 rings (SSSR count).